The van der Waals surface area contributed by atoms with Gasteiger partial charge in [-0.25, -0.2) is 0 Å². The fourth-order valence-corrected chi connectivity index (χ4v) is 3.82. The summed E-state index contributed by atoms with van der Waals surface area (Å²) >= 11 is 1.93. The fraction of sp³-hybridized carbons (Fsp3) is 0.333. The van der Waals surface area contributed by atoms with E-state index in [0.29, 0.717) is 18.5 Å². The first-order valence-corrected chi connectivity index (χ1v) is 8.54. The van der Waals surface area contributed by atoms with Gasteiger partial charge in [0.05, 0.1) is 0 Å². The van der Waals surface area contributed by atoms with Gasteiger partial charge in [0.15, 0.2) is 0 Å². The summed E-state index contributed by atoms with van der Waals surface area (Å²) in [6, 6.07) is 20.0. The predicted octanol–water partition coefficient (Wildman–Crippen LogP) is 3.38. The van der Waals surface area contributed by atoms with E-state index in [4.69, 9.17) is 5.73 Å². The molecule has 1 fully saturated rings. The van der Waals surface area contributed by atoms with Crippen LogP contribution in [0.3, 0.4) is 0 Å². The van der Waals surface area contributed by atoms with E-state index in [-0.39, 0.29) is 0 Å². The van der Waals surface area contributed by atoms with E-state index >= 15 is 0 Å². The Morgan fingerprint density at radius 3 is 2.52 bits per heavy atom. The number of hydrogen-bond acceptors (Lipinski definition) is 3. The molecule has 3 heteroatoms. The monoisotopic (exact) mass is 298 g/mol. The number of nitrogens with one attached hydrogen (secondary N) is 1. The molecule has 1 aliphatic heterocycles. The number of benzene rings is 2. The third kappa shape index (κ3) is 3.88. The van der Waals surface area contributed by atoms with Crippen LogP contribution >= 0.6 is 11.8 Å². The molecule has 110 valence electrons. The maximum atomic E-state index is 5.63. The third-order valence-electron chi connectivity index (χ3n) is 4.10. The highest BCUT2D eigenvalue weighted by Crippen LogP contribution is 2.29. The zero-order valence-electron chi connectivity index (χ0n) is 12.2. The van der Waals surface area contributed by atoms with E-state index in [1.165, 1.54) is 22.4 Å². The Hall–Kier alpha value is -1.29. The summed E-state index contributed by atoms with van der Waals surface area (Å²) in [5.74, 6) is 1.79. The van der Waals surface area contributed by atoms with Gasteiger partial charge in [0.1, 0.15) is 0 Å². The van der Waals surface area contributed by atoms with E-state index in [1.807, 2.05) is 11.8 Å². The Balaban J connectivity index is 1.50. The summed E-state index contributed by atoms with van der Waals surface area (Å²) in [5, 5.41) is 3.66. The topological polar surface area (TPSA) is 38.0 Å². The molecular formula is C18H22N2S. The summed E-state index contributed by atoms with van der Waals surface area (Å²) in [6.07, 6.45) is 1.23. The zero-order chi connectivity index (χ0) is 14.5. The fourth-order valence-electron chi connectivity index (χ4n) is 2.84. The summed E-state index contributed by atoms with van der Waals surface area (Å²) in [6.45, 7) is 1.72. The molecule has 2 unspecified atom stereocenters. The van der Waals surface area contributed by atoms with E-state index in [1.54, 1.807) is 0 Å². The number of rotatable bonds is 5. The molecular weight excluding hydrogens is 276 g/mol. The van der Waals surface area contributed by atoms with Crippen LogP contribution < -0.4 is 11.1 Å². The molecule has 2 aromatic carbocycles. The Bertz CT molecular complexity index is 553. The lowest BCUT2D eigenvalue weighted by atomic mass is 9.97. The molecule has 21 heavy (non-hydrogen) atoms. The van der Waals surface area contributed by atoms with Gasteiger partial charge in [-0.3, -0.25) is 0 Å². The molecule has 0 aromatic heterocycles. The second-order valence-electron chi connectivity index (χ2n) is 5.61. The smallest absolute Gasteiger partial charge is 0.0178 e. The molecule has 1 saturated heterocycles. The Kier molecular flexibility index (Phi) is 4.96. The molecule has 2 nitrogen and oxygen atoms in total. The number of hydrogen-bond donors (Lipinski definition) is 2. The first kappa shape index (κ1) is 14.6. The van der Waals surface area contributed by atoms with Gasteiger partial charge in [-0.1, -0.05) is 42.5 Å². The maximum Gasteiger partial charge on any atom is 0.0178 e. The summed E-state index contributed by atoms with van der Waals surface area (Å²) in [4.78, 5) is 1.33. The van der Waals surface area contributed by atoms with Crippen molar-refractivity contribution < 1.29 is 0 Å². The summed E-state index contributed by atoms with van der Waals surface area (Å²) in [7, 11) is 0. The van der Waals surface area contributed by atoms with Crippen molar-refractivity contribution in [2.45, 2.75) is 29.8 Å². The maximum absolute atomic E-state index is 5.63. The highest BCUT2D eigenvalue weighted by molar-refractivity contribution is 7.99. The molecule has 3 rings (SSSR count). The van der Waals surface area contributed by atoms with Crippen molar-refractivity contribution in [2.75, 3.05) is 12.3 Å². The highest BCUT2D eigenvalue weighted by Gasteiger charge is 2.24. The second-order valence-corrected chi connectivity index (χ2v) is 6.70. The minimum atomic E-state index is 0.606. The van der Waals surface area contributed by atoms with Gasteiger partial charge < -0.3 is 11.1 Å². The quantitative estimate of drug-likeness (QED) is 0.831. The van der Waals surface area contributed by atoms with Gasteiger partial charge in [-0.05, 0) is 35.6 Å². The molecule has 0 saturated carbocycles. The minimum absolute atomic E-state index is 0.606. The van der Waals surface area contributed by atoms with Crippen LogP contribution in [0.2, 0.25) is 0 Å². The van der Waals surface area contributed by atoms with Crippen LogP contribution in [-0.4, -0.2) is 18.3 Å². The first-order chi connectivity index (χ1) is 10.3. The average Bonchev–Trinajstić information content (AvgIpc) is 3.03. The predicted molar refractivity (Wildman–Crippen MR) is 90.6 cm³/mol. The van der Waals surface area contributed by atoms with Crippen molar-refractivity contribution in [3.05, 3.63) is 65.7 Å². The molecule has 0 bridgehead atoms. The standard InChI is InChI=1S/C18H22N2S/c19-11-14-6-8-18(9-7-14)21-13-17-10-16(12-20-17)15-4-2-1-3-5-15/h1-9,16-17,20H,10-13,19H2. The normalized spacial score (nSPS) is 21.6. The van der Waals surface area contributed by atoms with Gasteiger partial charge >= 0.3 is 0 Å². The van der Waals surface area contributed by atoms with Gasteiger partial charge in [0, 0.05) is 29.8 Å². The van der Waals surface area contributed by atoms with Crippen LogP contribution in [0.5, 0.6) is 0 Å². The molecule has 0 aliphatic carbocycles. The van der Waals surface area contributed by atoms with E-state index < -0.39 is 0 Å². The molecule has 2 atom stereocenters. The SMILES string of the molecule is NCc1ccc(SCC2CC(c3ccccc3)CN2)cc1. The van der Waals surface area contributed by atoms with E-state index in [2.05, 4.69) is 59.9 Å². The summed E-state index contributed by atoms with van der Waals surface area (Å²) in [5.41, 5.74) is 8.29. The molecule has 0 spiro atoms. The van der Waals surface area contributed by atoms with Crippen molar-refractivity contribution >= 4 is 11.8 Å². The van der Waals surface area contributed by atoms with Crippen molar-refractivity contribution in [2.24, 2.45) is 5.73 Å². The van der Waals surface area contributed by atoms with Crippen LogP contribution in [0.15, 0.2) is 59.5 Å². The van der Waals surface area contributed by atoms with Crippen molar-refractivity contribution in [1.29, 1.82) is 0 Å². The van der Waals surface area contributed by atoms with Crippen molar-refractivity contribution in [1.82, 2.24) is 5.32 Å². The van der Waals surface area contributed by atoms with E-state index in [9.17, 15) is 0 Å². The van der Waals surface area contributed by atoms with Gasteiger partial charge in [-0.15, -0.1) is 11.8 Å². The first-order valence-electron chi connectivity index (χ1n) is 7.55. The molecule has 0 amide bonds. The second kappa shape index (κ2) is 7.12. The Morgan fingerprint density at radius 2 is 1.81 bits per heavy atom. The van der Waals surface area contributed by atoms with Crippen LogP contribution in [0.4, 0.5) is 0 Å². The molecule has 2 aromatic rings. The van der Waals surface area contributed by atoms with Gasteiger partial charge in [0.25, 0.3) is 0 Å². The largest absolute Gasteiger partial charge is 0.326 e. The minimum Gasteiger partial charge on any atom is -0.326 e. The number of nitrogens with two attached hydrogens (primary N) is 1. The Labute approximate surface area is 131 Å². The van der Waals surface area contributed by atoms with Crippen molar-refractivity contribution in [3.8, 4) is 0 Å². The third-order valence-corrected chi connectivity index (χ3v) is 5.28. The number of thioether (sulfide) groups is 1. The summed E-state index contributed by atoms with van der Waals surface area (Å²) < 4.78 is 0. The van der Waals surface area contributed by atoms with Gasteiger partial charge in [-0.2, -0.15) is 0 Å². The molecule has 3 N–H and O–H groups in total. The van der Waals surface area contributed by atoms with Crippen LogP contribution in [0.1, 0.15) is 23.5 Å². The lowest BCUT2D eigenvalue weighted by molar-refractivity contribution is 0.668. The lowest BCUT2D eigenvalue weighted by Gasteiger charge is -2.11. The molecule has 0 radical (unpaired) electrons. The van der Waals surface area contributed by atoms with Gasteiger partial charge in [0.2, 0.25) is 0 Å². The van der Waals surface area contributed by atoms with Crippen molar-refractivity contribution in [3.63, 3.8) is 0 Å². The van der Waals surface area contributed by atoms with E-state index in [0.717, 1.165) is 12.3 Å². The van der Waals surface area contributed by atoms with Crippen LogP contribution in [0, 0.1) is 0 Å². The molecule has 1 aliphatic rings. The van der Waals surface area contributed by atoms with Crippen LogP contribution in [0.25, 0.3) is 0 Å². The lowest BCUT2D eigenvalue weighted by Crippen LogP contribution is -2.23. The highest BCUT2D eigenvalue weighted by atomic mass is 32.2. The average molecular weight is 298 g/mol. The van der Waals surface area contributed by atoms with Crippen LogP contribution in [-0.2, 0) is 6.54 Å². The molecule has 1 heterocycles. The Morgan fingerprint density at radius 1 is 1.05 bits per heavy atom. The zero-order valence-corrected chi connectivity index (χ0v) is 13.0.